The summed E-state index contributed by atoms with van der Waals surface area (Å²) in [6, 6.07) is 1.37. The van der Waals surface area contributed by atoms with Crippen LogP contribution in [0.15, 0.2) is 11.4 Å². The van der Waals surface area contributed by atoms with E-state index < -0.39 is 6.61 Å². The summed E-state index contributed by atoms with van der Waals surface area (Å²) < 4.78 is 28.7. The molecule has 2 rings (SSSR count). The maximum atomic E-state index is 12.2. The van der Waals surface area contributed by atoms with E-state index in [4.69, 9.17) is 0 Å². The Kier molecular flexibility index (Phi) is 6.53. The maximum Gasteiger partial charge on any atom is 0.387 e. The van der Waals surface area contributed by atoms with Crippen LogP contribution in [0.3, 0.4) is 0 Å². The summed E-state index contributed by atoms with van der Waals surface area (Å²) in [5.41, 5.74) is 0. The molecular weight excluding hydrogens is 314 g/mol. The van der Waals surface area contributed by atoms with Gasteiger partial charge in [-0.2, -0.15) is 8.78 Å². The quantitative estimate of drug-likeness (QED) is 0.748. The molecule has 0 atom stereocenters. The largest absolute Gasteiger partial charge is 0.433 e. The molecule has 5 nitrogen and oxygen atoms in total. The van der Waals surface area contributed by atoms with E-state index >= 15 is 0 Å². The number of hydrogen-bond acceptors (Lipinski definition) is 5. The highest BCUT2D eigenvalue weighted by Crippen LogP contribution is 2.26. The van der Waals surface area contributed by atoms with Crippen molar-refractivity contribution in [3.05, 3.63) is 16.3 Å². The van der Waals surface area contributed by atoms with Crippen LogP contribution in [0, 0.1) is 0 Å². The molecule has 0 spiro atoms. The van der Waals surface area contributed by atoms with Gasteiger partial charge in [0.15, 0.2) is 0 Å². The van der Waals surface area contributed by atoms with Gasteiger partial charge in [-0.05, 0) is 37.3 Å². The van der Waals surface area contributed by atoms with Gasteiger partial charge in [-0.25, -0.2) is 0 Å². The van der Waals surface area contributed by atoms with Crippen LogP contribution in [-0.4, -0.2) is 54.8 Å². The highest BCUT2D eigenvalue weighted by Gasteiger charge is 2.18. The van der Waals surface area contributed by atoms with Crippen molar-refractivity contribution in [2.75, 3.05) is 26.2 Å². The van der Waals surface area contributed by atoms with Crippen molar-refractivity contribution >= 4 is 17.2 Å². The molecule has 2 N–H and O–H groups in total. The number of carbonyl (C=O) groups is 1. The first-order valence-electron chi connectivity index (χ1n) is 7.27. The molecule has 0 saturated carbocycles. The number of aliphatic hydroxyl groups is 1. The van der Waals surface area contributed by atoms with Crippen molar-refractivity contribution in [1.29, 1.82) is 0 Å². The summed E-state index contributed by atoms with van der Waals surface area (Å²) in [6.07, 6.45) is 2.16. The molecule has 124 valence electrons. The molecule has 22 heavy (non-hydrogen) atoms. The highest BCUT2D eigenvalue weighted by molar-refractivity contribution is 7.12. The van der Waals surface area contributed by atoms with Gasteiger partial charge in [0.1, 0.15) is 10.6 Å². The van der Waals surface area contributed by atoms with Crippen LogP contribution < -0.4 is 10.1 Å². The third kappa shape index (κ3) is 5.19. The molecule has 2 heterocycles. The molecule has 0 aliphatic carbocycles. The number of hydrogen-bond donors (Lipinski definition) is 2. The normalized spacial score (nSPS) is 16.9. The third-order valence-corrected chi connectivity index (χ3v) is 4.44. The lowest BCUT2D eigenvalue weighted by Crippen LogP contribution is -2.37. The van der Waals surface area contributed by atoms with E-state index in [0.717, 1.165) is 50.2 Å². The van der Waals surface area contributed by atoms with Gasteiger partial charge in [0.05, 0.1) is 6.10 Å². The van der Waals surface area contributed by atoms with Crippen LogP contribution in [0.2, 0.25) is 0 Å². The van der Waals surface area contributed by atoms with Crippen LogP contribution >= 0.6 is 11.3 Å². The van der Waals surface area contributed by atoms with Crippen LogP contribution in [0.1, 0.15) is 28.9 Å². The standard InChI is InChI=1S/C14H20F2N2O3S/c15-14(16)21-11-4-9-22-12(11)13(20)17-5-1-6-18-7-2-10(19)3-8-18/h4,9-10,14,19H,1-3,5-8H2,(H,17,20). The number of thiophene rings is 1. The molecule has 1 aliphatic rings. The number of nitrogens with one attached hydrogen (secondary N) is 1. The number of rotatable bonds is 7. The fourth-order valence-electron chi connectivity index (χ4n) is 2.38. The number of halogens is 2. The van der Waals surface area contributed by atoms with Crippen molar-refractivity contribution in [3.63, 3.8) is 0 Å². The fourth-order valence-corrected chi connectivity index (χ4v) is 3.12. The zero-order valence-electron chi connectivity index (χ0n) is 12.1. The molecular formula is C14H20F2N2O3S. The molecule has 0 bridgehead atoms. The summed E-state index contributed by atoms with van der Waals surface area (Å²) in [5.74, 6) is -0.470. The number of nitrogens with zero attached hydrogens (tertiary/aromatic N) is 1. The summed E-state index contributed by atoms with van der Waals surface area (Å²) in [7, 11) is 0. The zero-order valence-corrected chi connectivity index (χ0v) is 13.0. The molecule has 1 amide bonds. The summed E-state index contributed by atoms with van der Waals surface area (Å²) in [5, 5.41) is 13.7. The Labute approximate surface area is 131 Å². The van der Waals surface area contributed by atoms with Crippen LogP contribution in [0.5, 0.6) is 5.75 Å². The SMILES string of the molecule is O=C(NCCCN1CCC(O)CC1)c1sccc1OC(F)F. The smallest absolute Gasteiger partial charge is 0.387 e. The third-order valence-electron chi connectivity index (χ3n) is 3.55. The second-order valence-corrected chi connectivity index (χ2v) is 6.09. The van der Waals surface area contributed by atoms with Crippen LogP contribution in [0.25, 0.3) is 0 Å². The number of likely N-dealkylation sites (tertiary alicyclic amines) is 1. The first-order chi connectivity index (χ1) is 10.6. The molecule has 1 fully saturated rings. The molecule has 1 aromatic rings. The molecule has 0 radical (unpaired) electrons. The Morgan fingerprint density at radius 1 is 1.50 bits per heavy atom. The average Bonchev–Trinajstić information content (AvgIpc) is 2.92. The van der Waals surface area contributed by atoms with E-state index in [-0.39, 0.29) is 22.6 Å². The van der Waals surface area contributed by atoms with Crippen molar-refractivity contribution in [1.82, 2.24) is 10.2 Å². The lowest BCUT2D eigenvalue weighted by molar-refractivity contribution is -0.0498. The predicted octanol–water partition coefficient (Wildman–Crippen LogP) is 1.93. The van der Waals surface area contributed by atoms with Gasteiger partial charge in [0, 0.05) is 19.6 Å². The Hall–Kier alpha value is -1.25. The minimum absolute atomic E-state index is 0.0810. The summed E-state index contributed by atoms with van der Waals surface area (Å²) >= 11 is 1.08. The second-order valence-electron chi connectivity index (χ2n) is 5.17. The molecule has 0 unspecified atom stereocenters. The Bertz CT molecular complexity index is 476. The maximum absolute atomic E-state index is 12.2. The van der Waals surface area contributed by atoms with Crippen molar-refractivity contribution in [2.45, 2.75) is 32.0 Å². The zero-order chi connectivity index (χ0) is 15.9. The highest BCUT2D eigenvalue weighted by atomic mass is 32.1. The van der Waals surface area contributed by atoms with Crippen molar-refractivity contribution in [2.24, 2.45) is 0 Å². The number of alkyl halides is 2. The van der Waals surface area contributed by atoms with Crippen molar-refractivity contribution in [3.8, 4) is 5.75 Å². The number of ether oxygens (including phenoxy) is 1. The van der Waals surface area contributed by atoms with E-state index in [1.165, 1.54) is 6.07 Å². The van der Waals surface area contributed by atoms with Gasteiger partial charge in [-0.3, -0.25) is 4.79 Å². The van der Waals surface area contributed by atoms with Crippen LogP contribution in [0.4, 0.5) is 8.78 Å². The molecule has 0 aromatic carbocycles. The van der Waals surface area contributed by atoms with Gasteiger partial charge in [0.25, 0.3) is 5.91 Å². The lowest BCUT2D eigenvalue weighted by atomic mass is 10.1. The van der Waals surface area contributed by atoms with Crippen molar-refractivity contribution < 1.29 is 23.4 Å². The molecule has 1 aliphatic heterocycles. The number of carbonyl (C=O) groups excluding carboxylic acids is 1. The Morgan fingerprint density at radius 3 is 2.91 bits per heavy atom. The summed E-state index contributed by atoms with van der Waals surface area (Å²) in [4.78, 5) is 14.3. The summed E-state index contributed by atoms with van der Waals surface area (Å²) in [6.45, 7) is 0.121. The lowest BCUT2D eigenvalue weighted by Gasteiger charge is -2.29. The van der Waals surface area contributed by atoms with Crippen LogP contribution in [-0.2, 0) is 0 Å². The molecule has 1 saturated heterocycles. The van der Waals surface area contributed by atoms with E-state index in [0.29, 0.717) is 6.54 Å². The average molecular weight is 334 g/mol. The van der Waals surface area contributed by atoms with Gasteiger partial charge in [-0.1, -0.05) is 0 Å². The van der Waals surface area contributed by atoms with Gasteiger partial charge in [-0.15, -0.1) is 11.3 Å². The van der Waals surface area contributed by atoms with E-state index in [1.807, 2.05) is 0 Å². The monoisotopic (exact) mass is 334 g/mol. The number of amides is 1. The first-order valence-corrected chi connectivity index (χ1v) is 8.15. The minimum atomic E-state index is -2.93. The molecule has 1 aromatic heterocycles. The Morgan fingerprint density at radius 2 is 2.23 bits per heavy atom. The Balaban J connectivity index is 1.68. The van der Waals surface area contributed by atoms with Gasteiger partial charge >= 0.3 is 6.61 Å². The second kappa shape index (κ2) is 8.40. The van der Waals surface area contributed by atoms with E-state index in [9.17, 15) is 18.7 Å². The number of piperidine rings is 1. The van der Waals surface area contributed by atoms with E-state index in [1.54, 1.807) is 5.38 Å². The fraction of sp³-hybridized carbons (Fsp3) is 0.643. The first kappa shape index (κ1) is 17.1. The molecule has 8 heteroatoms. The van der Waals surface area contributed by atoms with E-state index in [2.05, 4.69) is 15.0 Å². The number of aliphatic hydroxyl groups excluding tert-OH is 1. The predicted molar refractivity (Wildman–Crippen MR) is 79.6 cm³/mol. The topological polar surface area (TPSA) is 61.8 Å². The van der Waals surface area contributed by atoms with Gasteiger partial charge < -0.3 is 20.1 Å². The van der Waals surface area contributed by atoms with Gasteiger partial charge in [0.2, 0.25) is 0 Å². The minimum Gasteiger partial charge on any atom is -0.433 e.